The van der Waals surface area contributed by atoms with E-state index in [2.05, 4.69) is 17.2 Å². The summed E-state index contributed by atoms with van der Waals surface area (Å²) in [6.07, 6.45) is 3.42. The topological polar surface area (TPSA) is 40.7 Å². The molecule has 0 spiro atoms. The number of aromatic amines is 1. The zero-order valence-electron chi connectivity index (χ0n) is 9.89. The van der Waals surface area contributed by atoms with Crippen LogP contribution in [-0.4, -0.2) is 16.5 Å². The fourth-order valence-electron chi connectivity index (χ4n) is 2.69. The van der Waals surface area contributed by atoms with Crippen LogP contribution in [0.5, 0.6) is 0 Å². The summed E-state index contributed by atoms with van der Waals surface area (Å²) in [5, 5.41) is 4.33. The van der Waals surface area contributed by atoms with E-state index in [1.807, 2.05) is 18.2 Å². The van der Waals surface area contributed by atoms with Gasteiger partial charge in [0.1, 0.15) is 5.82 Å². The van der Waals surface area contributed by atoms with Crippen LogP contribution in [0.4, 0.5) is 0 Å². The van der Waals surface area contributed by atoms with E-state index in [1.165, 1.54) is 6.42 Å². The molecule has 1 saturated heterocycles. The molecule has 1 aliphatic heterocycles. The minimum Gasteiger partial charge on any atom is -0.340 e. The van der Waals surface area contributed by atoms with E-state index in [4.69, 9.17) is 16.6 Å². The summed E-state index contributed by atoms with van der Waals surface area (Å²) in [5.74, 6) is 1.05. The highest BCUT2D eigenvalue weighted by Gasteiger charge is 2.36. The minimum atomic E-state index is 0.0332. The van der Waals surface area contributed by atoms with E-state index in [0.29, 0.717) is 0 Å². The monoisotopic (exact) mass is 249 g/mol. The summed E-state index contributed by atoms with van der Waals surface area (Å²) < 4.78 is 0. The third-order valence-electron chi connectivity index (χ3n) is 3.74. The van der Waals surface area contributed by atoms with Crippen molar-refractivity contribution in [3.05, 3.63) is 29.0 Å². The summed E-state index contributed by atoms with van der Waals surface area (Å²) in [5.41, 5.74) is 2.05. The molecule has 0 saturated carbocycles. The third-order valence-corrected chi connectivity index (χ3v) is 3.98. The zero-order valence-corrected chi connectivity index (χ0v) is 10.6. The SMILES string of the molecule is CCC1(c2nc3ccc(Cl)cc3[nH]2)CCCN1. The van der Waals surface area contributed by atoms with Gasteiger partial charge in [-0.15, -0.1) is 0 Å². The predicted octanol–water partition coefficient (Wildman–Crippen LogP) is 3.21. The molecule has 2 aromatic rings. The number of fused-ring (bicyclic) bond motifs is 1. The Kier molecular flexibility index (Phi) is 2.60. The number of benzene rings is 1. The quantitative estimate of drug-likeness (QED) is 0.858. The van der Waals surface area contributed by atoms with Gasteiger partial charge in [0.05, 0.1) is 16.6 Å². The molecule has 1 atom stereocenters. The summed E-state index contributed by atoms with van der Waals surface area (Å²) in [4.78, 5) is 8.11. The first kappa shape index (κ1) is 11.1. The van der Waals surface area contributed by atoms with Crippen LogP contribution in [0.3, 0.4) is 0 Å². The predicted molar refractivity (Wildman–Crippen MR) is 70.3 cm³/mol. The molecule has 17 heavy (non-hydrogen) atoms. The van der Waals surface area contributed by atoms with Crippen LogP contribution in [-0.2, 0) is 5.54 Å². The number of halogens is 1. The molecule has 1 unspecified atom stereocenters. The van der Waals surface area contributed by atoms with Gasteiger partial charge in [0.15, 0.2) is 0 Å². The third kappa shape index (κ3) is 1.74. The Balaban J connectivity index is 2.11. The average molecular weight is 250 g/mol. The highest BCUT2D eigenvalue weighted by Crippen LogP contribution is 2.33. The largest absolute Gasteiger partial charge is 0.340 e. The highest BCUT2D eigenvalue weighted by molar-refractivity contribution is 6.31. The second kappa shape index (κ2) is 4.00. The second-order valence-corrected chi connectivity index (χ2v) is 5.15. The Bertz CT molecular complexity index is 541. The maximum absolute atomic E-state index is 5.99. The van der Waals surface area contributed by atoms with E-state index in [0.717, 1.165) is 41.3 Å². The van der Waals surface area contributed by atoms with Crippen LogP contribution in [0.25, 0.3) is 11.0 Å². The van der Waals surface area contributed by atoms with Gasteiger partial charge >= 0.3 is 0 Å². The van der Waals surface area contributed by atoms with Crippen molar-refractivity contribution in [2.45, 2.75) is 31.7 Å². The molecule has 1 aromatic carbocycles. The number of H-pyrrole nitrogens is 1. The van der Waals surface area contributed by atoms with Crippen LogP contribution in [0.2, 0.25) is 5.02 Å². The molecule has 0 radical (unpaired) electrons. The molecular formula is C13H16ClN3. The summed E-state index contributed by atoms with van der Waals surface area (Å²) in [6, 6.07) is 5.79. The molecule has 2 heterocycles. The number of rotatable bonds is 2. The van der Waals surface area contributed by atoms with Crippen molar-refractivity contribution in [3.8, 4) is 0 Å². The zero-order chi connectivity index (χ0) is 11.9. The standard InChI is InChI=1S/C13H16ClN3/c1-2-13(6-3-7-15-13)12-16-10-5-4-9(14)8-11(10)17-12/h4-5,8,15H,2-3,6-7H2,1H3,(H,16,17). The molecule has 3 rings (SSSR count). The van der Waals surface area contributed by atoms with E-state index >= 15 is 0 Å². The van der Waals surface area contributed by atoms with Gasteiger partial charge in [0.25, 0.3) is 0 Å². The number of imidazole rings is 1. The van der Waals surface area contributed by atoms with Gasteiger partial charge in [-0.05, 0) is 44.0 Å². The molecule has 0 bridgehead atoms. The smallest absolute Gasteiger partial charge is 0.127 e. The first-order valence-electron chi connectivity index (χ1n) is 6.14. The molecule has 3 nitrogen and oxygen atoms in total. The first-order chi connectivity index (χ1) is 8.23. The van der Waals surface area contributed by atoms with Gasteiger partial charge in [-0.1, -0.05) is 18.5 Å². The Labute approximate surface area is 106 Å². The van der Waals surface area contributed by atoms with Crippen molar-refractivity contribution in [2.24, 2.45) is 0 Å². The van der Waals surface area contributed by atoms with Crippen LogP contribution < -0.4 is 5.32 Å². The highest BCUT2D eigenvalue weighted by atomic mass is 35.5. The Morgan fingerprint density at radius 3 is 3.06 bits per heavy atom. The van der Waals surface area contributed by atoms with Crippen LogP contribution in [0, 0.1) is 0 Å². The molecule has 1 aromatic heterocycles. The van der Waals surface area contributed by atoms with Crippen molar-refractivity contribution in [1.82, 2.24) is 15.3 Å². The number of hydrogen-bond acceptors (Lipinski definition) is 2. The fraction of sp³-hybridized carbons (Fsp3) is 0.462. The van der Waals surface area contributed by atoms with Crippen LogP contribution >= 0.6 is 11.6 Å². The Morgan fingerprint density at radius 2 is 2.35 bits per heavy atom. The lowest BCUT2D eigenvalue weighted by Gasteiger charge is -2.25. The van der Waals surface area contributed by atoms with Crippen molar-refractivity contribution in [3.63, 3.8) is 0 Å². The van der Waals surface area contributed by atoms with E-state index in [9.17, 15) is 0 Å². The lowest BCUT2D eigenvalue weighted by molar-refractivity contribution is 0.357. The normalized spacial score (nSPS) is 24.6. The molecule has 4 heteroatoms. The van der Waals surface area contributed by atoms with Gasteiger partial charge in [-0.25, -0.2) is 4.98 Å². The average Bonchev–Trinajstić information content (AvgIpc) is 2.94. The van der Waals surface area contributed by atoms with Gasteiger partial charge in [0, 0.05) is 5.02 Å². The van der Waals surface area contributed by atoms with Gasteiger partial charge < -0.3 is 10.3 Å². The summed E-state index contributed by atoms with van der Waals surface area (Å²) in [6.45, 7) is 3.28. The van der Waals surface area contributed by atoms with E-state index in [-0.39, 0.29) is 5.54 Å². The molecule has 0 aliphatic carbocycles. The van der Waals surface area contributed by atoms with Crippen LogP contribution in [0.1, 0.15) is 32.0 Å². The van der Waals surface area contributed by atoms with Crippen molar-refractivity contribution < 1.29 is 0 Å². The van der Waals surface area contributed by atoms with Gasteiger partial charge in [0.2, 0.25) is 0 Å². The minimum absolute atomic E-state index is 0.0332. The maximum Gasteiger partial charge on any atom is 0.127 e. The van der Waals surface area contributed by atoms with E-state index < -0.39 is 0 Å². The molecule has 0 amide bonds. The lowest BCUT2D eigenvalue weighted by Crippen LogP contribution is -2.37. The summed E-state index contributed by atoms with van der Waals surface area (Å²) >= 11 is 5.99. The van der Waals surface area contributed by atoms with Crippen LogP contribution in [0.15, 0.2) is 18.2 Å². The van der Waals surface area contributed by atoms with Crippen molar-refractivity contribution >= 4 is 22.6 Å². The molecule has 90 valence electrons. The van der Waals surface area contributed by atoms with Gasteiger partial charge in [-0.2, -0.15) is 0 Å². The molecule has 1 fully saturated rings. The molecule has 1 aliphatic rings. The van der Waals surface area contributed by atoms with Crippen molar-refractivity contribution in [1.29, 1.82) is 0 Å². The number of hydrogen-bond donors (Lipinski definition) is 2. The Hall–Kier alpha value is -1.06. The Morgan fingerprint density at radius 1 is 1.47 bits per heavy atom. The lowest BCUT2D eigenvalue weighted by atomic mass is 9.93. The van der Waals surface area contributed by atoms with Gasteiger partial charge in [-0.3, -0.25) is 0 Å². The fourth-order valence-corrected chi connectivity index (χ4v) is 2.86. The number of nitrogens with one attached hydrogen (secondary N) is 2. The summed E-state index contributed by atoms with van der Waals surface area (Å²) in [7, 11) is 0. The second-order valence-electron chi connectivity index (χ2n) is 4.71. The molecular weight excluding hydrogens is 234 g/mol. The number of aromatic nitrogens is 2. The first-order valence-corrected chi connectivity index (χ1v) is 6.52. The van der Waals surface area contributed by atoms with Crippen molar-refractivity contribution in [2.75, 3.05) is 6.54 Å². The molecule has 2 N–H and O–H groups in total. The maximum atomic E-state index is 5.99. The van der Waals surface area contributed by atoms with E-state index in [1.54, 1.807) is 0 Å². The number of nitrogens with zero attached hydrogens (tertiary/aromatic N) is 1.